The fourth-order valence-corrected chi connectivity index (χ4v) is 1.44. The molecule has 0 aliphatic heterocycles. The molecule has 0 aliphatic rings. The second-order valence-corrected chi connectivity index (χ2v) is 3.44. The first-order valence-corrected chi connectivity index (χ1v) is 4.79. The summed E-state index contributed by atoms with van der Waals surface area (Å²) in [6.45, 7) is 4.16. The van der Waals surface area contributed by atoms with Crippen LogP contribution in [0.25, 0.3) is 0 Å². The minimum atomic E-state index is 0.0885. The fourth-order valence-electron chi connectivity index (χ4n) is 1.44. The lowest BCUT2D eigenvalue weighted by Crippen LogP contribution is -1.99. The summed E-state index contributed by atoms with van der Waals surface area (Å²) < 4.78 is 0. The maximum absolute atomic E-state index is 10.8. The quantitative estimate of drug-likeness (QED) is 0.644. The van der Waals surface area contributed by atoms with Crippen LogP contribution in [-0.4, -0.2) is 6.29 Å². The lowest BCUT2D eigenvalue weighted by atomic mass is 9.95. The Balaban J connectivity index is 2.79. The van der Waals surface area contributed by atoms with Crippen molar-refractivity contribution in [3.8, 4) is 0 Å². The molecule has 0 spiro atoms. The first-order valence-electron chi connectivity index (χ1n) is 4.79. The molecule has 13 heavy (non-hydrogen) atoms. The van der Waals surface area contributed by atoms with Gasteiger partial charge >= 0.3 is 0 Å². The van der Waals surface area contributed by atoms with Gasteiger partial charge in [-0.2, -0.15) is 0 Å². The van der Waals surface area contributed by atoms with Gasteiger partial charge in [0, 0.05) is 5.92 Å². The third-order valence-corrected chi connectivity index (χ3v) is 2.27. The SMILES string of the molecule is CCCC(C=O)c1ccc(C)cc1. The summed E-state index contributed by atoms with van der Waals surface area (Å²) in [6, 6.07) is 8.21. The van der Waals surface area contributed by atoms with E-state index in [-0.39, 0.29) is 5.92 Å². The van der Waals surface area contributed by atoms with Gasteiger partial charge in [0.15, 0.2) is 0 Å². The van der Waals surface area contributed by atoms with Crippen LogP contribution < -0.4 is 0 Å². The second-order valence-electron chi connectivity index (χ2n) is 3.44. The molecule has 0 amide bonds. The molecule has 1 aromatic carbocycles. The molecule has 0 saturated heterocycles. The Hall–Kier alpha value is -1.11. The molecule has 1 rings (SSSR count). The Kier molecular flexibility index (Phi) is 3.69. The van der Waals surface area contributed by atoms with Crippen molar-refractivity contribution in [2.75, 3.05) is 0 Å². The van der Waals surface area contributed by atoms with Crippen LogP contribution in [0.4, 0.5) is 0 Å². The van der Waals surface area contributed by atoms with E-state index >= 15 is 0 Å². The molecule has 0 heterocycles. The number of hydrogen-bond acceptors (Lipinski definition) is 1. The Morgan fingerprint density at radius 3 is 2.38 bits per heavy atom. The molecule has 0 radical (unpaired) electrons. The maximum atomic E-state index is 10.8. The van der Waals surface area contributed by atoms with Crippen molar-refractivity contribution in [1.29, 1.82) is 0 Å². The van der Waals surface area contributed by atoms with Gasteiger partial charge in [-0.25, -0.2) is 0 Å². The van der Waals surface area contributed by atoms with E-state index in [0.717, 1.165) is 24.7 Å². The highest BCUT2D eigenvalue weighted by Crippen LogP contribution is 2.19. The van der Waals surface area contributed by atoms with Crippen molar-refractivity contribution in [3.63, 3.8) is 0 Å². The van der Waals surface area contributed by atoms with Gasteiger partial charge in [-0.3, -0.25) is 0 Å². The molecule has 1 unspecified atom stereocenters. The van der Waals surface area contributed by atoms with Crippen LogP contribution in [-0.2, 0) is 4.79 Å². The maximum Gasteiger partial charge on any atom is 0.127 e. The van der Waals surface area contributed by atoms with E-state index in [4.69, 9.17) is 0 Å². The Morgan fingerprint density at radius 1 is 1.31 bits per heavy atom. The van der Waals surface area contributed by atoms with E-state index in [1.807, 2.05) is 12.1 Å². The van der Waals surface area contributed by atoms with Gasteiger partial charge in [-0.1, -0.05) is 43.2 Å². The number of aldehydes is 1. The smallest absolute Gasteiger partial charge is 0.127 e. The number of benzene rings is 1. The van der Waals surface area contributed by atoms with Crippen LogP contribution in [0.15, 0.2) is 24.3 Å². The highest BCUT2D eigenvalue weighted by molar-refractivity contribution is 5.62. The van der Waals surface area contributed by atoms with Gasteiger partial charge in [0.2, 0.25) is 0 Å². The van der Waals surface area contributed by atoms with Crippen LogP contribution in [0.3, 0.4) is 0 Å². The molecule has 1 nitrogen and oxygen atoms in total. The van der Waals surface area contributed by atoms with E-state index in [2.05, 4.69) is 26.0 Å². The van der Waals surface area contributed by atoms with E-state index in [1.165, 1.54) is 5.56 Å². The predicted octanol–water partition coefficient (Wildman–Crippen LogP) is 3.08. The predicted molar refractivity (Wildman–Crippen MR) is 54.9 cm³/mol. The number of carbonyl (C=O) groups excluding carboxylic acids is 1. The van der Waals surface area contributed by atoms with E-state index in [9.17, 15) is 4.79 Å². The van der Waals surface area contributed by atoms with Crippen LogP contribution in [0, 0.1) is 6.92 Å². The first kappa shape index (κ1) is 9.97. The zero-order chi connectivity index (χ0) is 9.68. The van der Waals surface area contributed by atoms with Crippen molar-refractivity contribution in [2.45, 2.75) is 32.6 Å². The van der Waals surface area contributed by atoms with Gasteiger partial charge in [0.1, 0.15) is 6.29 Å². The molecule has 0 fully saturated rings. The third-order valence-electron chi connectivity index (χ3n) is 2.27. The molecule has 1 atom stereocenters. The molecule has 1 aromatic rings. The molecular weight excluding hydrogens is 160 g/mol. The van der Waals surface area contributed by atoms with E-state index in [0.29, 0.717) is 0 Å². The molecule has 70 valence electrons. The summed E-state index contributed by atoms with van der Waals surface area (Å²) in [5, 5.41) is 0. The molecule has 0 aliphatic carbocycles. The Labute approximate surface area is 79.8 Å². The van der Waals surface area contributed by atoms with Crippen molar-refractivity contribution < 1.29 is 4.79 Å². The van der Waals surface area contributed by atoms with E-state index < -0.39 is 0 Å². The van der Waals surface area contributed by atoms with Gasteiger partial charge in [-0.15, -0.1) is 0 Å². The van der Waals surface area contributed by atoms with Crippen molar-refractivity contribution >= 4 is 6.29 Å². The molecular formula is C12H16O. The van der Waals surface area contributed by atoms with Crippen molar-refractivity contribution in [2.24, 2.45) is 0 Å². The zero-order valence-electron chi connectivity index (χ0n) is 8.29. The molecule has 0 N–H and O–H groups in total. The molecule has 0 bridgehead atoms. The highest BCUT2D eigenvalue weighted by atomic mass is 16.1. The topological polar surface area (TPSA) is 17.1 Å². The third kappa shape index (κ3) is 2.69. The Morgan fingerprint density at radius 2 is 1.92 bits per heavy atom. The van der Waals surface area contributed by atoms with Crippen LogP contribution in [0.1, 0.15) is 36.8 Å². The summed E-state index contributed by atoms with van der Waals surface area (Å²) in [5.74, 6) is 0.0885. The van der Waals surface area contributed by atoms with E-state index in [1.54, 1.807) is 0 Å². The normalized spacial score (nSPS) is 12.5. The minimum Gasteiger partial charge on any atom is -0.303 e. The lowest BCUT2D eigenvalue weighted by Gasteiger charge is -2.08. The number of carbonyl (C=O) groups is 1. The summed E-state index contributed by atoms with van der Waals surface area (Å²) in [6.07, 6.45) is 3.05. The number of hydrogen-bond donors (Lipinski definition) is 0. The van der Waals surface area contributed by atoms with Crippen LogP contribution in [0.2, 0.25) is 0 Å². The van der Waals surface area contributed by atoms with Gasteiger partial charge in [0.25, 0.3) is 0 Å². The average Bonchev–Trinajstić information content (AvgIpc) is 2.16. The van der Waals surface area contributed by atoms with Crippen LogP contribution in [0.5, 0.6) is 0 Å². The lowest BCUT2D eigenvalue weighted by molar-refractivity contribution is -0.109. The van der Waals surface area contributed by atoms with Gasteiger partial charge < -0.3 is 4.79 Å². The fraction of sp³-hybridized carbons (Fsp3) is 0.417. The summed E-state index contributed by atoms with van der Waals surface area (Å²) in [4.78, 5) is 10.8. The standard InChI is InChI=1S/C12H16O/c1-3-4-12(9-13)11-7-5-10(2)6-8-11/h5-9,12H,3-4H2,1-2H3. The summed E-state index contributed by atoms with van der Waals surface area (Å²) in [5.41, 5.74) is 2.38. The zero-order valence-corrected chi connectivity index (χ0v) is 8.29. The average molecular weight is 176 g/mol. The molecule has 0 saturated carbocycles. The summed E-state index contributed by atoms with van der Waals surface area (Å²) in [7, 11) is 0. The summed E-state index contributed by atoms with van der Waals surface area (Å²) >= 11 is 0. The van der Waals surface area contributed by atoms with Crippen LogP contribution >= 0.6 is 0 Å². The van der Waals surface area contributed by atoms with Crippen molar-refractivity contribution in [3.05, 3.63) is 35.4 Å². The molecule has 0 aromatic heterocycles. The second kappa shape index (κ2) is 4.80. The van der Waals surface area contributed by atoms with Gasteiger partial charge in [0.05, 0.1) is 0 Å². The first-order chi connectivity index (χ1) is 6.27. The number of aryl methyl sites for hydroxylation is 1. The number of rotatable bonds is 4. The Bertz CT molecular complexity index is 261. The van der Waals surface area contributed by atoms with Gasteiger partial charge in [-0.05, 0) is 18.9 Å². The minimum absolute atomic E-state index is 0.0885. The highest BCUT2D eigenvalue weighted by Gasteiger charge is 2.07. The van der Waals surface area contributed by atoms with Crippen molar-refractivity contribution in [1.82, 2.24) is 0 Å². The largest absolute Gasteiger partial charge is 0.303 e. The monoisotopic (exact) mass is 176 g/mol. The molecule has 1 heteroatoms.